The average molecular weight is 242 g/mol. The van der Waals surface area contributed by atoms with Gasteiger partial charge in [-0.1, -0.05) is 0 Å². The van der Waals surface area contributed by atoms with Crippen LogP contribution in [0.15, 0.2) is 0 Å². The van der Waals surface area contributed by atoms with E-state index in [1.165, 1.54) is 5.75 Å². The van der Waals surface area contributed by atoms with Crippen molar-refractivity contribution in [3.05, 3.63) is 0 Å². The van der Waals surface area contributed by atoms with Crippen molar-refractivity contribution in [1.82, 2.24) is 0 Å². The first kappa shape index (κ1) is 12.0. The summed E-state index contributed by atoms with van der Waals surface area (Å²) in [4.78, 5) is 0. The third-order valence-electron chi connectivity index (χ3n) is 1.40. The molecule has 0 saturated carbocycles. The minimum absolute atomic E-state index is 0.551. The van der Waals surface area contributed by atoms with Gasteiger partial charge in [0.2, 0.25) is 0 Å². The summed E-state index contributed by atoms with van der Waals surface area (Å²) in [6, 6.07) is 0. The van der Waals surface area contributed by atoms with Gasteiger partial charge in [-0.2, -0.15) is 11.8 Å². The molecular weight excluding hydrogens is 227 g/mol. The lowest BCUT2D eigenvalue weighted by Gasteiger charge is -2.19. The molecule has 1 saturated heterocycles. The van der Waals surface area contributed by atoms with Crippen molar-refractivity contribution in [1.29, 1.82) is 0 Å². The maximum Gasteiger partial charge on any atom is 0.327 e. The van der Waals surface area contributed by atoms with E-state index in [9.17, 15) is 0 Å². The van der Waals surface area contributed by atoms with Gasteiger partial charge in [0.25, 0.3) is 0 Å². The van der Waals surface area contributed by atoms with Crippen LogP contribution in [0.5, 0.6) is 0 Å². The molecule has 1 atom stereocenters. The summed E-state index contributed by atoms with van der Waals surface area (Å²) in [6.45, 7) is 3.15. The zero-order valence-corrected chi connectivity index (χ0v) is 10.4. The van der Waals surface area contributed by atoms with Gasteiger partial charge in [-0.3, -0.25) is 0 Å². The van der Waals surface area contributed by atoms with Crippen molar-refractivity contribution in [2.75, 3.05) is 25.6 Å². The van der Waals surface area contributed by atoms with Gasteiger partial charge in [-0.15, -0.1) is 0 Å². The molecule has 0 aromatic rings. The van der Waals surface area contributed by atoms with E-state index in [0.717, 1.165) is 0 Å². The zero-order chi connectivity index (χ0) is 9.73. The van der Waals surface area contributed by atoms with E-state index < -0.39 is 6.72 Å². The molecule has 1 aliphatic heterocycles. The third kappa shape index (κ3) is 4.77. The first-order valence-corrected chi connectivity index (χ1v) is 7.96. The lowest BCUT2D eigenvalue weighted by Crippen LogP contribution is -2.04. The SMILES string of the molecule is CCOP(=S)(OCC)OCC1CS1. The molecule has 6 heteroatoms. The van der Waals surface area contributed by atoms with Gasteiger partial charge < -0.3 is 13.6 Å². The number of rotatable bonds is 7. The Morgan fingerprint density at radius 1 is 1.31 bits per heavy atom. The van der Waals surface area contributed by atoms with Gasteiger partial charge in [0.05, 0.1) is 19.8 Å². The maximum atomic E-state index is 5.50. The fraction of sp³-hybridized carbons (Fsp3) is 1.00. The van der Waals surface area contributed by atoms with E-state index in [1.54, 1.807) is 0 Å². The van der Waals surface area contributed by atoms with E-state index in [2.05, 4.69) is 0 Å². The van der Waals surface area contributed by atoms with Crippen LogP contribution in [0.1, 0.15) is 13.8 Å². The summed E-state index contributed by atoms with van der Waals surface area (Å²) in [5.74, 6) is 1.17. The Hall–Kier alpha value is 0.880. The lowest BCUT2D eigenvalue weighted by molar-refractivity contribution is 0.170. The highest BCUT2D eigenvalue weighted by Crippen LogP contribution is 2.51. The van der Waals surface area contributed by atoms with Gasteiger partial charge in [-0.05, 0) is 25.7 Å². The normalized spacial score (nSPS) is 21.8. The summed E-state index contributed by atoms with van der Waals surface area (Å²) >= 11 is 7.06. The van der Waals surface area contributed by atoms with Crippen LogP contribution in [0.2, 0.25) is 0 Å². The monoisotopic (exact) mass is 242 g/mol. The van der Waals surface area contributed by atoms with Gasteiger partial charge in [0, 0.05) is 11.0 Å². The summed E-state index contributed by atoms with van der Waals surface area (Å²) in [6.07, 6.45) is 0. The molecular formula is C7H15O3PS2. The Balaban J connectivity index is 2.29. The molecule has 3 nitrogen and oxygen atoms in total. The molecule has 1 unspecified atom stereocenters. The second kappa shape index (κ2) is 5.69. The molecule has 78 valence electrons. The first-order valence-electron chi connectivity index (χ1n) is 4.35. The largest absolute Gasteiger partial charge is 0.327 e. The van der Waals surface area contributed by atoms with Gasteiger partial charge in [-0.25, -0.2) is 0 Å². The average Bonchev–Trinajstić information content (AvgIpc) is 2.85. The fourth-order valence-corrected chi connectivity index (χ4v) is 3.30. The molecule has 0 radical (unpaired) electrons. The molecule has 0 bridgehead atoms. The van der Waals surface area contributed by atoms with Crippen LogP contribution in [-0.4, -0.2) is 30.8 Å². The molecule has 0 amide bonds. The van der Waals surface area contributed by atoms with E-state index in [1.807, 2.05) is 25.6 Å². The van der Waals surface area contributed by atoms with Crippen LogP contribution < -0.4 is 0 Å². The molecule has 1 aliphatic rings. The topological polar surface area (TPSA) is 27.7 Å². The van der Waals surface area contributed by atoms with E-state index >= 15 is 0 Å². The predicted octanol–water partition coefficient (Wildman–Crippen LogP) is 2.42. The summed E-state index contributed by atoms with van der Waals surface area (Å²) in [5.41, 5.74) is 0. The molecule has 0 spiro atoms. The number of hydrogen-bond donors (Lipinski definition) is 0. The van der Waals surface area contributed by atoms with Crippen LogP contribution in [0, 0.1) is 0 Å². The molecule has 0 N–H and O–H groups in total. The molecule has 0 aliphatic carbocycles. The van der Waals surface area contributed by atoms with Gasteiger partial charge in [0.15, 0.2) is 0 Å². The van der Waals surface area contributed by atoms with Crippen LogP contribution in [0.25, 0.3) is 0 Å². The standard InChI is InChI=1S/C7H15O3PS2/c1-3-8-11(12,9-4-2)10-5-7-6-13-7/h7H,3-6H2,1-2H3. The number of hydrogen-bond acceptors (Lipinski definition) is 5. The lowest BCUT2D eigenvalue weighted by atomic mass is 10.5. The minimum Gasteiger partial charge on any atom is -0.309 e. The Bertz CT molecular complexity index is 186. The highest BCUT2D eigenvalue weighted by atomic mass is 32.5. The van der Waals surface area contributed by atoms with Crippen LogP contribution in [-0.2, 0) is 25.4 Å². The van der Waals surface area contributed by atoms with Crippen LogP contribution >= 0.6 is 18.5 Å². The van der Waals surface area contributed by atoms with Crippen LogP contribution in [0.3, 0.4) is 0 Å². The summed E-state index contributed by atoms with van der Waals surface area (Å²) in [5, 5.41) is 0.614. The Morgan fingerprint density at radius 3 is 2.23 bits per heavy atom. The Kier molecular flexibility index (Phi) is 5.23. The summed E-state index contributed by atoms with van der Waals surface area (Å²) < 4.78 is 16.1. The minimum atomic E-state index is -2.41. The molecule has 1 fully saturated rings. The number of thioether (sulfide) groups is 1. The second-order valence-electron chi connectivity index (χ2n) is 2.53. The van der Waals surface area contributed by atoms with Crippen molar-refractivity contribution in [3.63, 3.8) is 0 Å². The van der Waals surface area contributed by atoms with Crippen molar-refractivity contribution in [2.45, 2.75) is 19.1 Å². The van der Waals surface area contributed by atoms with E-state index in [-0.39, 0.29) is 0 Å². The summed E-state index contributed by atoms with van der Waals surface area (Å²) in [7, 11) is 0. The Morgan fingerprint density at radius 2 is 1.85 bits per heavy atom. The molecule has 1 heterocycles. The van der Waals surface area contributed by atoms with Crippen molar-refractivity contribution < 1.29 is 13.6 Å². The maximum absolute atomic E-state index is 5.50. The fourth-order valence-electron chi connectivity index (χ4n) is 0.767. The quantitative estimate of drug-likeness (QED) is 0.505. The smallest absolute Gasteiger partial charge is 0.309 e. The predicted molar refractivity (Wildman–Crippen MR) is 59.7 cm³/mol. The van der Waals surface area contributed by atoms with Crippen molar-refractivity contribution in [3.8, 4) is 0 Å². The van der Waals surface area contributed by atoms with E-state index in [0.29, 0.717) is 25.1 Å². The first-order chi connectivity index (χ1) is 6.20. The molecule has 0 aromatic heterocycles. The van der Waals surface area contributed by atoms with Crippen molar-refractivity contribution in [2.24, 2.45) is 0 Å². The highest BCUT2D eigenvalue weighted by molar-refractivity contribution is 8.08. The Labute approximate surface area is 88.8 Å². The third-order valence-corrected chi connectivity index (χ3v) is 4.90. The molecule has 0 aromatic carbocycles. The highest BCUT2D eigenvalue weighted by Gasteiger charge is 2.27. The van der Waals surface area contributed by atoms with Crippen LogP contribution in [0.4, 0.5) is 0 Å². The second-order valence-corrected chi connectivity index (χ2v) is 6.88. The molecule has 13 heavy (non-hydrogen) atoms. The van der Waals surface area contributed by atoms with Gasteiger partial charge >= 0.3 is 6.72 Å². The van der Waals surface area contributed by atoms with Gasteiger partial charge in [0.1, 0.15) is 0 Å². The van der Waals surface area contributed by atoms with E-state index in [4.69, 9.17) is 25.4 Å². The zero-order valence-electron chi connectivity index (χ0n) is 7.89. The molecule has 1 rings (SSSR count). The van der Waals surface area contributed by atoms with Crippen molar-refractivity contribution >= 4 is 30.3 Å².